The number of aromatic nitrogens is 3. The Morgan fingerprint density at radius 3 is 2.44 bits per heavy atom. The Morgan fingerprint density at radius 2 is 1.75 bits per heavy atom. The van der Waals surface area contributed by atoms with Crippen LogP contribution in [0.25, 0.3) is 5.69 Å². The number of nitrogens with one attached hydrogen (secondary N) is 2. The maximum Gasteiger partial charge on any atom is 0.319 e. The second-order valence-corrected chi connectivity index (χ2v) is 8.69. The predicted octanol–water partition coefficient (Wildman–Crippen LogP) is 5.36. The van der Waals surface area contributed by atoms with Crippen LogP contribution in [0.1, 0.15) is 24.4 Å². The van der Waals surface area contributed by atoms with Crippen LogP contribution in [0.2, 0.25) is 0 Å². The monoisotopic (exact) mass is 504 g/mol. The first-order valence-corrected chi connectivity index (χ1v) is 12.0. The molecule has 0 fully saturated rings. The Labute approximate surface area is 211 Å². The summed E-state index contributed by atoms with van der Waals surface area (Å²) in [6, 6.07) is 22.2. The molecule has 0 saturated carbocycles. The van der Waals surface area contributed by atoms with E-state index in [0.29, 0.717) is 33.9 Å². The van der Waals surface area contributed by atoms with Crippen LogP contribution in [-0.2, 0) is 5.75 Å². The first kappa shape index (κ1) is 24.7. The Bertz CT molecular complexity index is 1340. The molecule has 1 aromatic heterocycles. The number of non-ortho nitro benzene ring substituents is 1. The zero-order valence-electron chi connectivity index (χ0n) is 19.6. The molecule has 4 aromatic rings. The number of carbonyl (C=O) groups is 1. The largest absolute Gasteiger partial charge is 0.495 e. The van der Waals surface area contributed by atoms with Crippen molar-refractivity contribution in [2.75, 3.05) is 12.4 Å². The van der Waals surface area contributed by atoms with Gasteiger partial charge in [-0.05, 0) is 36.8 Å². The quantitative estimate of drug-likeness (QED) is 0.179. The van der Waals surface area contributed by atoms with Gasteiger partial charge in [0.2, 0.25) is 0 Å². The Hall–Kier alpha value is -4.38. The minimum Gasteiger partial charge on any atom is -0.495 e. The number of ether oxygens (including phenoxy) is 1. The topological polar surface area (TPSA) is 124 Å². The molecule has 0 bridgehead atoms. The second-order valence-electron chi connectivity index (χ2n) is 7.74. The lowest BCUT2D eigenvalue weighted by molar-refractivity contribution is -0.384. The number of para-hydroxylation sites is 2. The van der Waals surface area contributed by atoms with Crippen LogP contribution in [0, 0.1) is 10.1 Å². The molecule has 36 heavy (non-hydrogen) atoms. The first-order valence-electron chi connectivity index (χ1n) is 11.0. The van der Waals surface area contributed by atoms with E-state index in [-0.39, 0.29) is 5.69 Å². The molecule has 1 unspecified atom stereocenters. The van der Waals surface area contributed by atoms with Crippen molar-refractivity contribution in [1.82, 2.24) is 20.1 Å². The van der Waals surface area contributed by atoms with Gasteiger partial charge in [0.25, 0.3) is 5.69 Å². The number of hydrogen-bond donors (Lipinski definition) is 2. The summed E-state index contributed by atoms with van der Waals surface area (Å²) in [5.41, 5.74) is 2.27. The van der Waals surface area contributed by atoms with Crippen LogP contribution in [0.4, 0.5) is 16.2 Å². The Kier molecular flexibility index (Phi) is 7.81. The van der Waals surface area contributed by atoms with E-state index in [0.717, 1.165) is 5.56 Å². The number of carbonyl (C=O) groups excluding carboxylic acids is 1. The summed E-state index contributed by atoms with van der Waals surface area (Å²) in [5, 5.41) is 26.1. The van der Waals surface area contributed by atoms with Crippen molar-refractivity contribution in [3.63, 3.8) is 0 Å². The van der Waals surface area contributed by atoms with Crippen LogP contribution >= 0.6 is 11.8 Å². The predicted molar refractivity (Wildman–Crippen MR) is 138 cm³/mol. The summed E-state index contributed by atoms with van der Waals surface area (Å²) >= 11 is 1.48. The Balaban J connectivity index is 1.59. The lowest BCUT2D eigenvalue weighted by Crippen LogP contribution is -2.32. The van der Waals surface area contributed by atoms with E-state index in [4.69, 9.17) is 4.74 Å². The maximum absolute atomic E-state index is 12.7. The number of anilines is 1. The average Bonchev–Trinajstić information content (AvgIpc) is 3.32. The van der Waals surface area contributed by atoms with Gasteiger partial charge in [0.05, 0.1) is 23.8 Å². The van der Waals surface area contributed by atoms with Crippen molar-refractivity contribution < 1.29 is 14.5 Å². The summed E-state index contributed by atoms with van der Waals surface area (Å²) in [7, 11) is 1.53. The van der Waals surface area contributed by atoms with Gasteiger partial charge in [-0.15, -0.1) is 10.2 Å². The molecule has 11 heteroatoms. The van der Waals surface area contributed by atoms with Crippen molar-refractivity contribution in [2.24, 2.45) is 0 Å². The van der Waals surface area contributed by atoms with E-state index in [1.807, 2.05) is 36.4 Å². The molecule has 184 valence electrons. The smallest absolute Gasteiger partial charge is 0.319 e. The molecule has 0 radical (unpaired) electrons. The third kappa shape index (κ3) is 5.81. The van der Waals surface area contributed by atoms with Crippen molar-refractivity contribution in [3.05, 3.63) is 100 Å². The van der Waals surface area contributed by atoms with Crippen molar-refractivity contribution in [3.8, 4) is 11.4 Å². The second kappa shape index (κ2) is 11.4. The molecule has 0 aliphatic carbocycles. The molecule has 1 heterocycles. The van der Waals surface area contributed by atoms with Crippen molar-refractivity contribution in [2.45, 2.75) is 23.9 Å². The normalized spacial score (nSPS) is 11.5. The van der Waals surface area contributed by atoms with Gasteiger partial charge in [0.1, 0.15) is 5.75 Å². The highest BCUT2D eigenvalue weighted by atomic mass is 32.2. The van der Waals surface area contributed by atoms with Crippen LogP contribution < -0.4 is 15.4 Å². The fraction of sp³-hybridized carbons (Fsp3) is 0.160. The van der Waals surface area contributed by atoms with Crippen molar-refractivity contribution in [1.29, 1.82) is 0 Å². The Morgan fingerprint density at radius 1 is 1.06 bits per heavy atom. The van der Waals surface area contributed by atoms with Gasteiger partial charge < -0.3 is 15.4 Å². The molecule has 4 rings (SSSR count). The van der Waals surface area contributed by atoms with E-state index < -0.39 is 17.0 Å². The molecule has 1 atom stereocenters. The highest BCUT2D eigenvalue weighted by Gasteiger charge is 2.22. The molecule has 0 aliphatic rings. The van der Waals surface area contributed by atoms with Crippen LogP contribution in [0.5, 0.6) is 5.75 Å². The first-order chi connectivity index (χ1) is 17.5. The van der Waals surface area contributed by atoms with E-state index in [1.165, 1.54) is 31.0 Å². The zero-order chi connectivity index (χ0) is 25.5. The SMILES string of the molecule is COc1ccccc1NC(=O)NC(C)c1nnc(SCc2ccccc2)n1-c1ccc([N+](=O)[O-])cc1. The number of nitrogens with zero attached hydrogens (tertiary/aromatic N) is 4. The summed E-state index contributed by atoms with van der Waals surface area (Å²) < 4.78 is 7.08. The van der Waals surface area contributed by atoms with Gasteiger partial charge in [0.15, 0.2) is 11.0 Å². The van der Waals surface area contributed by atoms with E-state index in [2.05, 4.69) is 20.8 Å². The fourth-order valence-electron chi connectivity index (χ4n) is 3.51. The summed E-state index contributed by atoms with van der Waals surface area (Å²) in [6.07, 6.45) is 0. The summed E-state index contributed by atoms with van der Waals surface area (Å²) in [4.78, 5) is 23.4. The van der Waals surface area contributed by atoms with Crippen molar-refractivity contribution >= 4 is 29.2 Å². The summed E-state index contributed by atoms with van der Waals surface area (Å²) in [5.74, 6) is 1.67. The maximum atomic E-state index is 12.7. The standard InChI is InChI=1S/C25H24N6O4S/c1-17(26-24(32)27-21-10-6-7-11-22(21)35-2)23-28-29-25(36-16-18-8-4-3-5-9-18)30(23)19-12-14-20(15-13-19)31(33)34/h3-15,17H,16H2,1-2H3,(H2,26,27,32). The van der Waals surface area contributed by atoms with E-state index in [9.17, 15) is 14.9 Å². The molecular formula is C25H24N6O4S. The van der Waals surface area contributed by atoms with Crippen LogP contribution in [0.3, 0.4) is 0 Å². The molecule has 3 aromatic carbocycles. The van der Waals surface area contributed by atoms with E-state index >= 15 is 0 Å². The number of benzene rings is 3. The number of rotatable bonds is 9. The minimum absolute atomic E-state index is 0.0192. The molecule has 0 spiro atoms. The molecule has 2 amide bonds. The molecular weight excluding hydrogens is 480 g/mol. The number of urea groups is 1. The van der Waals surface area contributed by atoms with Crippen LogP contribution in [-0.4, -0.2) is 32.8 Å². The lowest BCUT2D eigenvalue weighted by Gasteiger charge is -2.17. The van der Waals surface area contributed by atoms with Gasteiger partial charge >= 0.3 is 6.03 Å². The summed E-state index contributed by atoms with van der Waals surface area (Å²) in [6.45, 7) is 1.79. The van der Waals surface area contributed by atoms with Gasteiger partial charge in [0, 0.05) is 23.6 Å². The van der Waals surface area contributed by atoms with Gasteiger partial charge in [-0.2, -0.15) is 0 Å². The fourth-order valence-corrected chi connectivity index (χ4v) is 4.43. The molecule has 2 N–H and O–H groups in total. The van der Waals surface area contributed by atoms with Crippen LogP contribution in [0.15, 0.2) is 84.0 Å². The van der Waals surface area contributed by atoms with E-state index in [1.54, 1.807) is 41.8 Å². The molecule has 10 nitrogen and oxygen atoms in total. The average molecular weight is 505 g/mol. The number of nitro benzene ring substituents is 1. The molecule has 0 saturated heterocycles. The van der Waals surface area contributed by atoms with Gasteiger partial charge in [-0.25, -0.2) is 4.79 Å². The number of methoxy groups -OCH3 is 1. The number of hydrogen-bond acceptors (Lipinski definition) is 7. The number of amides is 2. The highest BCUT2D eigenvalue weighted by Crippen LogP contribution is 2.29. The van der Waals surface area contributed by atoms with Gasteiger partial charge in [-0.3, -0.25) is 14.7 Å². The molecule has 0 aliphatic heterocycles. The highest BCUT2D eigenvalue weighted by molar-refractivity contribution is 7.98. The lowest BCUT2D eigenvalue weighted by atomic mass is 10.2. The third-order valence-electron chi connectivity index (χ3n) is 5.28. The van der Waals surface area contributed by atoms with Gasteiger partial charge in [-0.1, -0.05) is 54.2 Å². The number of thioether (sulfide) groups is 1. The zero-order valence-corrected chi connectivity index (χ0v) is 20.4. The third-order valence-corrected chi connectivity index (χ3v) is 6.28. The minimum atomic E-state index is -0.534. The number of nitro groups is 1.